The molecule has 1 fully saturated rings. The Hall–Kier alpha value is -0.230. The van der Waals surface area contributed by atoms with E-state index >= 15 is 0 Å². The molecule has 1 rings (SSSR count). The van der Waals surface area contributed by atoms with Crippen molar-refractivity contribution >= 4 is 17.2 Å². The van der Waals surface area contributed by atoms with Gasteiger partial charge in [0.25, 0.3) is 0 Å². The smallest absolute Gasteiger partial charge is 0.0902 e. The Bertz CT molecular complexity index is 201. The van der Waals surface area contributed by atoms with Gasteiger partial charge in [0, 0.05) is 6.54 Å². The standard InChI is InChI=1S/C9H18N2O2S/c10-9(14)8-3-1-2-4-11(8)5-7(13)6-12/h7-8,12-13H,1-6H2,(H2,10,14). The molecule has 1 heterocycles. The third-order valence-electron chi connectivity index (χ3n) is 2.60. The van der Waals surface area contributed by atoms with Crippen LogP contribution in [0.25, 0.3) is 0 Å². The lowest BCUT2D eigenvalue weighted by atomic mass is 10.0. The minimum atomic E-state index is -0.690. The summed E-state index contributed by atoms with van der Waals surface area (Å²) in [6, 6.07) is 0.0972. The number of rotatable bonds is 4. The number of β-amino-alcohol motifs (C(OH)–C–C–N with tert-alkyl or cyclic N) is 1. The molecular formula is C9H18N2O2S. The second-order valence-electron chi connectivity index (χ2n) is 3.75. The van der Waals surface area contributed by atoms with Crippen LogP contribution in [0.4, 0.5) is 0 Å². The highest BCUT2D eigenvalue weighted by atomic mass is 32.1. The molecule has 1 saturated heterocycles. The molecule has 0 aromatic rings. The minimum absolute atomic E-state index is 0.0972. The summed E-state index contributed by atoms with van der Waals surface area (Å²) in [5.74, 6) is 0. The highest BCUT2D eigenvalue weighted by Crippen LogP contribution is 2.17. The largest absolute Gasteiger partial charge is 0.394 e. The van der Waals surface area contributed by atoms with E-state index < -0.39 is 6.10 Å². The van der Waals surface area contributed by atoms with Gasteiger partial charge in [-0.15, -0.1) is 0 Å². The fourth-order valence-electron chi connectivity index (χ4n) is 1.86. The zero-order valence-electron chi connectivity index (χ0n) is 8.22. The normalized spacial score (nSPS) is 26.0. The Labute approximate surface area is 89.7 Å². The van der Waals surface area contributed by atoms with Crippen LogP contribution >= 0.6 is 12.2 Å². The Morgan fingerprint density at radius 2 is 2.29 bits per heavy atom. The molecule has 1 aliphatic heterocycles. The quantitative estimate of drug-likeness (QED) is 0.554. The third kappa shape index (κ3) is 3.16. The molecule has 0 aliphatic carbocycles. The lowest BCUT2D eigenvalue weighted by Crippen LogP contribution is -2.50. The van der Waals surface area contributed by atoms with Crippen LogP contribution in [0.5, 0.6) is 0 Å². The average Bonchev–Trinajstić information content (AvgIpc) is 2.18. The molecule has 0 aromatic carbocycles. The molecule has 1 aliphatic rings. The first-order valence-electron chi connectivity index (χ1n) is 4.97. The number of thiocarbonyl (C=S) groups is 1. The van der Waals surface area contributed by atoms with Gasteiger partial charge in [0.1, 0.15) is 0 Å². The van der Waals surface area contributed by atoms with Gasteiger partial charge in [-0.3, -0.25) is 4.90 Å². The molecule has 82 valence electrons. The molecule has 2 unspecified atom stereocenters. The van der Waals surface area contributed by atoms with Crippen LogP contribution in [0.15, 0.2) is 0 Å². The summed E-state index contributed by atoms with van der Waals surface area (Å²) in [5.41, 5.74) is 5.62. The number of nitrogens with zero attached hydrogens (tertiary/aromatic N) is 1. The number of aliphatic hydroxyl groups is 2. The summed E-state index contributed by atoms with van der Waals surface area (Å²) >= 11 is 4.97. The van der Waals surface area contributed by atoms with Crippen molar-refractivity contribution in [1.82, 2.24) is 4.90 Å². The SMILES string of the molecule is NC(=S)C1CCCCN1CC(O)CO. The van der Waals surface area contributed by atoms with Crippen molar-refractivity contribution in [2.75, 3.05) is 19.7 Å². The molecule has 0 bridgehead atoms. The van der Waals surface area contributed by atoms with Gasteiger partial charge in [0.15, 0.2) is 0 Å². The van der Waals surface area contributed by atoms with E-state index in [-0.39, 0.29) is 12.6 Å². The second-order valence-corrected chi connectivity index (χ2v) is 4.22. The number of aliphatic hydroxyl groups excluding tert-OH is 2. The molecular weight excluding hydrogens is 200 g/mol. The van der Waals surface area contributed by atoms with E-state index in [0.29, 0.717) is 11.5 Å². The summed E-state index contributed by atoms with van der Waals surface area (Å²) in [6.45, 7) is 1.15. The molecule has 4 nitrogen and oxygen atoms in total. The van der Waals surface area contributed by atoms with Gasteiger partial charge >= 0.3 is 0 Å². The number of hydrogen-bond donors (Lipinski definition) is 3. The maximum Gasteiger partial charge on any atom is 0.0902 e. The van der Waals surface area contributed by atoms with Crippen LogP contribution in [0.2, 0.25) is 0 Å². The minimum Gasteiger partial charge on any atom is -0.394 e. The van der Waals surface area contributed by atoms with Crippen LogP contribution in [0, 0.1) is 0 Å². The van der Waals surface area contributed by atoms with Crippen LogP contribution in [0.3, 0.4) is 0 Å². The number of hydrogen-bond acceptors (Lipinski definition) is 4. The highest BCUT2D eigenvalue weighted by molar-refractivity contribution is 7.80. The van der Waals surface area contributed by atoms with Gasteiger partial charge in [-0.05, 0) is 19.4 Å². The molecule has 2 atom stereocenters. The molecule has 4 N–H and O–H groups in total. The Kier molecular flexibility index (Phi) is 4.74. The highest BCUT2D eigenvalue weighted by Gasteiger charge is 2.25. The second kappa shape index (κ2) is 5.60. The van der Waals surface area contributed by atoms with Gasteiger partial charge in [0.05, 0.1) is 23.7 Å². The molecule has 5 heteroatoms. The van der Waals surface area contributed by atoms with Crippen molar-refractivity contribution in [2.24, 2.45) is 5.73 Å². The van der Waals surface area contributed by atoms with E-state index in [0.717, 1.165) is 25.8 Å². The summed E-state index contributed by atoms with van der Waals surface area (Å²) in [7, 11) is 0. The Morgan fingerprint density at radius 3 is 2.86 bits per heavy atom. The van der Waals surface area contributed by atoms with Crippen molar-refractivity contribution < 1.29 is 10.2 Å². The maximum atomic E-state index is 9.33. The van der Waals surface area contributed by atoms with Crippen LogP contribution in [0.1, 0.15) is 19.3 Å². The monoisotopic (exact) mass is 218 g/mol. The lowest BCUT2D eigenvalue weighted by molar-refractivity contribution is 0.0453. The van der Waals surface area contributed by atoms with Gasteiger partial charge in [-0.1, -0.05) is 18.6 Å². The molecule has 0 saturated carbocycles. The van der Waals surface area contributed by atoms with E-state index in [2.05, 4.69) is 4.90 Å². The van der Waals surface area contributed by atoms with Crippen molar-refractivity contribution in [3.8, 4) is 0 Å². The average molecular weight is 218 g/mol. The predicted octanol–water partition coefficient (Wildman–Crippen LogP) is -0.520. The molecule has 0 spiro atoms. The summed E-state index contributed by atoms with van der Waals surface area (Å²) in [4.78, 5) is 2.56. The first-order valence-corrected chi connectivity index (χ1v) is 5.38. The fourth-order valence-corrected chi connectivity index (χ4v) is 2.13. The lowest BCUT2D eigenvalue weighted by Gasteiger charge is -2.35. The van der Waals surface area contributed by atoms with E-state index in [9.17, 15) is 5.11 Å². The molecule has 14 heavy (non-hydrogen) atoms. The van der Waals surface area contributed by atoms with Gasteiger partial charge in [0.2, 0.25) is 0 Å². The van der Waals surface area contributed by atoms with E-state index in [1.54, 1.807) is 0 Å². The molecule has 0 aromatic heterocycles. The van der Waals surface area contributed by atoms with E-state index in [1.165, 1.54) is 0 Å². The topological polar surface area (TPSA) is 69.7 Å². The number of nitrogens with two attached hydrogens (primary N) is 1. The van der Waals surface area contributed by atoms with Crippen molar-refractivity contribution in [2.45, 2.75) is 31.4 Å². The van der Waals surface area contributed by atoms with Crippen molar-refractivity contribution in [3.63, 3.8) is 0 Å². The van der Waals surface area contributed by atoms with Crippen LogP contribution < -0.4 is 5.73 Å². The van der Waals surface area contributed by atoms with Crippen molar-refractivity contribution in [1.29, 1.82) is 0 Å². The molecule has 0 amide bonds. The zero-order valence-corrected chi connectivity index (χ0v) is 9.04. The van der Waals surface area contributed by atoms with Crippen LogP contribution in [-0.4, -0.2) is 51.9 Å². The van der Waals surface area contributed by atoms with Gasteiger partial charge in [-0.2, -0.15) is 0 Å². The van der Waals surface area contributed by atoms with E-state index in [1.807, 2.05) is 0 Å². The predicted molar refractivity (Wildman–Crippen MR) is 59.1 cm³/mol. The summed E-state index contributed by atoms with van der Waals surface area (Å²) in [6.07, 6.45) is 2.52. The molecule has 0 radical (unpaired) electrons. The summed E-state index contributed by atoms with van der Waals surface area (Å²) < 4.78 is 0. The zero-order chi connectivity index (χ0) is 10.6. The van der Waals surface area contributed by atoms with Crippen molar-refractivity contribution in [3.05, 3.63) is 0 Å². The maximum absolute atomic E-state index is 9.33. The first kappa shape index (κ1) is 11.8. The van der Waals surface area contributed by atoms with Gasteiger partial charge in [-0.25, -0.2) is 0 Å². The van der Waals surface area contributed by atoms with E-state index in [4.69, 9.17) is 23.1 Å². The third-order valence-corrected chi connectivity index (χ3v) is 2.87. The Morgan fingerprint density at radius 1 is 1.57 bits per heavy atom. The number of likely N-dealkylation sites (tertiary alicyclic amines) is 1. The Balaban J connectivity index is 2.49. The van der Waals surface area contributed by atoms with Crippen LogP contribution in [-0.2, 0) is 0 Å². The number of piperidine rings is 1. The first-order chi connectivity index (χ1) is 6.65. The summed E-state index contributed by atoms with van der Waals surface area (Å²) in [5, 5.41) is 18.1. The van der Waals surface area contributed by atoms with Gasteiger partial charge < -0.3 is 15.9 Å². The fraction of sp³-hybridized carbons (Fsp3) is 0.889.